The molecule has 0 radical (unpaired) electrons. The summed E-state index contributed by atoms with van der Waals surface area (Å²) in [6.45, 7) is 1.99. The van der Waals surface area contributed by atoms with Crippen molar-refractivity contribution in [3.63, 3.8) is 0 Å². The Morgan fingerprint density at radius 2 is 2.33 bits per heavy atom. The fourth-order valence-electron chi connectivity index (χ4n) is 1.19. The first-order valence-electron chi connectivity index (χ1n) is 4.67. The first kappa shape index (κ1) is 11.6. The number of non-ortho nitro benzene ring substituents is 1. The van der Waals surface area contributed by atoms with E-state index in [2.05, 4.69) is 5.32 Å². The number of methoxy groups -OCH3 is 1. The molecular formula is C10H14N2O3. The van der Waals surface area contributed by atoms with Crippen LogP contribution in [0.1, 0.15) is 5.56 Å². The lowest BCUT2D eigenvalue weighted by Crippen LogP contribution is -2.18. The maximum absolute atomic E-state index is 10.5. The molecule has 0 saturated carbocycles. The summed E-state index contributed by atoms with van der Waals surface area (Å²) in [6, 6.07) is 6.59. The quantitative estimate of drug-likeness (QED) is 0.437. The van der Waals surface area contributed by atoms with Crippen LogP contribution >= 0.6 is 0 Å². The lowest BCUT2D eigenvalue weighted by atomic mass is 10.2. The van der Waals surface area contributed by atoms with Crippen molar-refractivity contribution in [3.05, 3.63) is 39.9 Å². The van der Waals surface area contributed by atoms with Crippen molar-refractivity contribution in [2.24, 2.45) is 0 Å². The van der Waals surface area contributed by atoms with Crippen LogP contribution in [-0.4, -0.2) is 25.2 Å². The van der Waals surface area contributed by atoms with Gasteiger partial charge in [-0.3, -0.25) is 10.1 Å². The number of ether oxygens (including phenoxy) is 1. The summed E-state index contributed by atoms with van der Waals surface area (Å²) >= 11 is 0. The van der Waals surface area contributed by atoms with E-state index in [9.17, 15) is 10.1 Å². The fourth-order valence-corrected chi connectivity index (χ4v) is 1.19. The van der Waals surface area contributed by atoms with Gasteiger partial charge in [0, 0.05) is 32.3 Å². The third kappa shape index (κ3) is 4.05. The van der Waals surface area contributed by atoms with Gasteiger partial charge in [0.1, 0.15) is 0 Å². The summed E-state index contributed by atoms with van der Waals surface area (Å²) in [7, 11) is 1.63. The lowest BCUT2D eigenvalue weighted by Gasteiger charge is -2.03. The second-order valence-electron chi connectivity index (χ2n) is 3.10. The Bertz CT molecular complexity index is 328. The molecule has 0 amide bonds. The minimum absolute atomic E-state index is 0.126. The van der Waals surface area contributed by atoms with Crippen LogP contribution in [0.4, 0.5) is 5.69 Å². The maximum Gasteiger partial charge on any atom is 0.269 e. The van der Waals surface area contributed by atoms with Gasteiger partial charge in [0.25, 0.3) is 5.69 Å². The fraction of sp³-hybridized carbons (Fsp3) is 0.400. The number of nitro benzene ring substituents is 1. The molecule has 0 atom stereocenters. The summed E-state index contributed by atoms with van der Waals surface area (Å²) in [5.41, 5.74) is 1.03. The van der Waals surface area contributed by atoms with E-state index in [4.69, 9.17) is 4.74 Å². The van der Waals surface area contributed by atoms with Gasteiger partial charge in [-0.15, -0.1) is 0 Å². The van der Waals surface area contributed by atoms with E-state index in [1.165, 1.54) is 6.07 Å². The van der Waals surface area contributed by atoms with Gasteiger partial charge in [-0.05, 0) is 5.56 Å². The largest absolute Gasteiger partial charge is 0.383 e. The Balaban J connectivity index is 2.47. The van der Waals surface area contributed by atoms with Crippen molar-refractivity contribution >= 4 is 5.69 Å². The maximum atomic E-state index is 10.5. The predicted octanol–water partition coefficient (Wildman–Crippen LogP) is 1.33. The van der Waals surface area contributed by atoms with E-state index < -0.39 is 4.92 Å². The molecule has 82 valence electrons. The van der Waals surface area contributed by atoms with Gasteiger partial charge >= 0.3 is 0 Å². The highest BCUT2D eigenvalue weighted by Gasteiger charge is 2.04. The normalized spacial score (nSPS) is 10.2. The van der Waals surface area contributed by atoms with E-state index in [1.54, 1.807) is 19.2 Å². The molecule has 0 aromatic heterocycles. The van der Waals surface area contributed by atoms with Crippen molar-refractivity contribution in [3.8, 4) is 0 Å². The highest BCUT2D eigenvalue weighted by molar-refractivity contribution is 5.34. The Kier molecular flexibility index (Phi) is 4.73. The van der Waals surface area contributed by atoms with Crippen LogP contribution < -0.4 is 5.32 Å². The molecule has 0 spiro atoms. The van der Waals surface area contributed by atoms with Crippen molar-refractivity contribution < 1.29 is 9.66 Å². The molecule has 1 aromatic carbocycles. The number of nitrogens with zero attached hydrogens (tertiary/aromatic N) is 1. The highest BCUT2D eigenvalue weighted by Crippen LogP contribution is 2.12. The smallest absolute Gasteiger partial charge is 0.269 e. The minimum atomic E-state index is -0.390. The Morgan fingerprint density at radius 1 is 1.53 bits per heavy atom. The SMILES string of the molecule is COCCNCc1cccc([N+](=O)[O-])c1. The first-order valence-corrected chi connectivity index (χ1v) is 4.67. The summed E-state index contributed by atoms with van der Waals surface area (Å²) in [4.78, 5) is 10.1. The number of nitrogens with one attached hydrogen (secondary N) is 1. The van der Waals surface area contributed by atoms with Gasteiger partial charge in [0.05, 0.1) is 11.5 Å². The Labute approximate surface area is 88.2 Å². The van der Waals surface area contributed by atoms with Crippen LogP contribution in [0.2, 0.25) is 0 Å². The monoisotopic (exact) mass is 210 g/mol. The summed E-state index contributed by atoms with van der Waals surface area (Å²) in [5.74, 6) is 0. The van der Waals surface area contributed by atoms with Crippen LogP contribution in [-0.2, 0) is 11.3 Å². The number of nitro groups is 1. The Hall–Kier alpha value is -1.46. The topological polar surface area (TPSA) is 64.4 Å². The van der Waals surface area contributed by atoms with Gasteiger partial charge in [-0.25, -0.2) is 0 Å². The van der Waals surface area contributed by atoms with Crippen molar-refractivity contribution in [1.82, 2.24) is 5.32 Å². The molecule has 0 aliphatic rings. The second-order valence-corrected chi connectivity index (χ2v) is 3.10. The molecule has 15 heavy (non-hydrogen) atoms. The number of hydrogen-bond acceptors (Lipinski definition) is 4. The lowest BCUT2D eigenvalue weighted by molar-refractivity contribution is -0.384. The van der Waals surface area contributed by atoms with Gasteiger partial charge in [0.15, 0.2) is 0 Å². The van der Waals surface area contributed by atoms with Gasteiger partial charge in [0.2, 0.25) is 0 Å². The van der Waals surface area contributed by atoms with Gasteiger partial charge in [-0.1, -0.05) is 12.1 Å². The summed E-state index contributed by atoms with van der Waals surface area (Å²) < 4.78 is 4.87. The molecule has 1 rings (SSSR count). The predicted molar refractivity (Wildman–Crippen MR) is 56.7 cm³/mol. The zero-order valence-electron chi connectivity index (χ0n) is 8.60. The van der Waals surface area contributed by atoms with E-state index in [-0.39, 0.29) is 5.69 Å². The molecule has 1 aromatic rings. The van der Waals surface area contributed by atoms with Crippen LogP contribution in [0, 0.1) is 10.1 Å². The average molecular weight is 210 g/mol. The molecular weight excluding hydrogens is 196 g/mol. The van der Waals surface area contributed by atoms with Crippen molar-refractivity contribution in [2.45, 2.75) is 6.54 Å². The summed E-state index contributed by atoms with van der Waals surface area (Å²) in [5, 5.41) is 13.6. The number of rotatable bonds is 6. The van der Waals surface area contributed by atoms with E-state index >= 15 is 0 Å². The van der Waals surface area contributed by atoms with Gasteiger partial charge in [-0.2, -0.15) is 0 Å². The zero-order chi connectivity index (χ0) is 11.1. The second kappa shape index (κ2) is 6.10. The molecule has 0 fully saturated rings. The average Bonchev–Trinajstić information content (AvgIpc) is 2.25. The number of benzene rings is 1. The molecule has 5 nitrogen and oxygen atoms in total. The summed E-state index contributed by atoms with van der Waals surface area (Å²) in [6.07, 6.45) is 0. The zero-order valence-corrected chi connectivity index (χ0v) is 8.60. The molecule has 0 heterocycles. The van der Waals surface area contributed by atoms with Crippen LogP contribution in [0.25, 0.3) is 0 Å². The molecule has 0 unspecified atom stereocenters. The van der Waals surface area contributed by atoms with E-state index in [0.29, 0.717) is 13.2 Å². The standard InChI is InChI=1S/C10H14N2O3/c1-15-6-5-11-8-9-3-2-4-10(7-9)12(13)14/h2-4,7,11H,5-6,8H2,1H3. The third-order valence-corrected chi connectivity index (χ3v) is 1.93. The van der Waals surface area contributed by atoms with Crippen LogP contribution in [0.3, 0.4) is 0 Å². The molecule has 0 bridgehead atoms. The molecule has 1 N–H and O–H groups in total. The first-order chi connectivity index (χ1) is 7.24. The molecule has 0 aliphatic carbocycles. The minimum Gasteiger partial charge on any atom is -0.383 e. The molecule has 0 saturated heterocycles. The van der Waals surface area contributed by atoms with E-state index in [1.807, 2.05) is 6.07 Å². The molecule has 0 aliphatic heterocycles. The molecule has 5 heteroatoms. The van der Waals surface area contributed by atoms with Crippen molar-refractivity contribution in [1.29, 1.82) is 0 Å². The Morgan fingerprint density at radius 3 is 3.00 bits per heavy atom. The third-order valence-electron chi connectivity index (χ3n) is 1.93. The van der Waals surface area contributed by atoms with Crippen LogP contribution in [0.15, 0.2) is 24.3 Å². The van der Waals surface area contributed by atoms with Gasteiger partial charge < -0.3 is 10.1 Å². The highest BCUT2D eigenvalue weighted by atomic mass is 16.6. The van der Waals surface area contributed by atoms with E-state index in [0.717, 1.165) is 12.1 Å². The van der Waals surface area contributed by atoms with Crippen LogP contribution in [0.5, 0.6) is 0 Å². The van der Waals surface area contributed by atoms with Crippen molar-refractivity contribution in [2.75, 3.05) is 20.3 Å². The number of hydrogen-bond donors (Lipinski definition) is 1.